The smallest absolute Gasteiger partial charge is 0.302 e. The predicted octanol–water partition coefficient (Wildman–Crippen LogP) is 0.995. The molecule has 2 N–H and O–H groups in total. The van der Waals surface area contributed by atoms with E-state index in [4.69, 9.17) is 9.79 Å². The number of hydrogen-bond acceptors (Lipinski definition) is 5. The van der Waals surface area contributed by atoms with Crippen LogP contribution < -0.4 is 0 Å². The topological polar surface area (TPSA) is 93.1 Å². The minimum atomic E-state index is -4.82. The minimum Gasteiger partial charge on any atom is -0.302 e. The molecule has 0 saturated carbocycles. The van der Waals surface area contributed by atoms with Gasteiger partial charge in [0, 0.05) is 0 Å². The normalized spacial score (nSPS) is 18.4. The van der Waals surface area contributed by atoms with Gasteiger partial charge in [-0.1, -0.05) is 12.2 Å². The Morgan fingerprint density at radius 3 is 1.80 bits per heavy atom. The van der Waals surface area contributed by atoms with E-state index in [0.29, 0.717) is 0 Å². The van der Waals surface area contributed by atoms with Crippen LogP contribution in [-0.4, -0.2) is 9.79 Å². The first-order valence-electron chi connectivity index (χ1n) is 1.70. The van der Waals surface area contributed by atoms with Crippen LogP contribution in [0.15, 0.2) is 0 Å². The average Bonchev–Trinajstić information content (AvgIpc) is 1.60. The van der Waals surface area contributed by atoms with Gasteiger partial charge in [0.25, 0.3) is 0 Å². The van der Waals surface area contributed by atoms with Crippen molar-refractivity contribution in [1.29, 1.82) is 0 Å². The zero-order chi connectivity index (χ0) is 8.41. The van der Waals surface area contributed by atoms with E-state index in [1.807, 2.05) is 0 Å². The van der Waals surface area contributed by atoms with Crippen LogP contribution in [0.5, 0.6) is 0 Å². The van der Waals surface area contributed by atoms with Gasteiger partial charge < -0.3 is 9.79 Å². The number of thiol groups is 2. The highest BCUT2D eigenvalue weighted by atomic mass is 32.7. The van der Waals surface area contributed by atoms with Gasteiger partial charge in [0.1, 0.15) is 0 Å². The fraction of sp³-hybridized carbons (Fsp3) is 0. The lowest BCUT2D eigenvalue weighted by Crippen LogP contribution is -1.81. The van der Waals surface area contributed by atoms with Gasteiger partial charge >= 0.3 is 14.6 Å². The van der Waals surface area contributed by atoms with Crippen molar-refractivity contribution in [2.75, 3.05) is 0 Å². The second-order valence-corrected chi connectivity index (χ2v) is 5.82. The first-order chi connectivity index (χ1) is 4.27. The van der Waals surface area contributed by atoms with Crippen LogP contribution in [0.2, 0.25) is 0 Å². The van der Waals surface area contributed by atoms with E-state index in [9.17, 15) is 9.13 Å². The minimum absolute atomic E-state index is 3.01. The zero-order valence-corrected chi connectivity index (χ0v) is 7.89. The second-order valence-electron chi connectivity index (χ2n) is 1.12. The van der Waals surface area contributed by atoms with Gasteiger partial charge in [-0.15, -0.1) is 0 Å². The fourth-order valence-electron chi connectivity index (χ4n) is 0.149. The van der Waals surface area contributed by atoms with Gasteiger partial charge in [0.05, 0.1) is 0 Å². The molecular weight excluding hydrogens is 222 g/mol. The number of rotatable bonds is 3. The second kappa shape index (κ2) is 3.60. The lowest BCUT2D eigenvalue weighted by Gasteiger charge is -2.08. The summed E-state index contributed by atoms with van der Waals surface area (Å²) >= 11 is 6.13. The van der Waals surface area contributed by atoms with Crippen LogP contribution >= 0.6 is 39.8 Å². The maximum absolute atomic E-state index is 10.4. The van der Waals surface area contributed by atoms with E-state index >= 15 is 0 Å². The molecule has 1 atom stereocenters. The summed E-state index contributed by atoms with van der Waals surface area (Å²) in [4.78, 5) is 16.1. The van der Waals surface area contributed by atoms with E-state index in [2.05, 4.69) is 33.4 Å². The monoisotopic (exact) mass is 226 g/mol. The zero-order valence-electron chi connectivity index (χ0n) is 4.32. The van der Waals surface area contributed by atoms with Crippen molar-refractivity contribution >= 4 is 39.8 Å². The van der Waals surface area contributed by atoms with E-state index < -0.39 is 14.6 Å². The van der Waals surface area contributed by atoms with Gasteiger partial charge in [-0.3, -0.25) is 0 Å². The molecule has 0 aromatic heterocycles. The maximum Gasteiger partial charge on any atom is 0.477 e. The largest absolute Gasteiger partial charge is 0.477 e. The molecule has 10 heteroatoms. The highest BCUT2D eigenvalue weighted by Crippen LogP contribution is 2.64. The summed E-state index contributed by atoms with van der Waals surface area (Å²) in [6, 6.07) is 0. The molecule has 0 radical (unpaired) electrons. The van der Waals surface area contributed by atoms with Crippen molar-refractivity contribution in [3.05, 3.63) is 0 Å². The van der Waals surface area contributed by atoms with E-state index in [0.717, 1.165) is 0 Å². The molecule has 0 aliphatic carbocycles. The molecule has 0 amide bonds. The Morgan fingerprint density at radius 2 is 1.70 bits per heavy atom. The summed E-state index contributed by atoms with van der Waals surface area (Å²) < 4.78 is 27.7. The highest BCUT2D eigenvalue weighted by molar-refractivity contribution is 8.46. The SMILES string of the molecule is O=P(O)(O)OP(=O)(S)OS. The molecule has 0 aliphatic rings. The summed E-state index contributed by atoms with van der Waals surface area (Å²) in [6.07, 6.45) is 0. The van der Waals surface area contributed by atoms with Crippen LogP contribution in [0.4, 0.5) is 0 Å². The van der Waals surface area contributed by atoms with E-state index in [1.54, 1.807) is 0 Å². The van der Waals surface area contributed by atoms with Gasteiger partial charge in [-0.05, 0) is 12.9 Å². The van der Waals surface area contributed by atoms with Gasteiger partial charge in [-0.25, -0.2) is 13.1 Å². The van der Waals surface area contributed by atoms with Crippen molar-refractivity contribution in [3.8, 4) is 0 Å². The number of phosphoric acid groups is 1. The molecule has 1 unspecified atom stereocenters. The van der Waals surface area contributed by atoms with Crippen LogP contribution in [-0.2, 0) is 17.4 Å². The lowest BCUT2D eigenvalue weighted by molar-refractivity contribution is 0.276. The lowest BCUT2D eigenvalue weighted by atomic mass is 15.7. The van der Waals surface area contributed by atoms with Gasteiger partial charge in [-0.2, -0.15) is 4.31 Å². The maximum atomic E-state index is 10.4. The molecular formula is H4O6P2S2. The van der Waals surface area contributed by atoms with Crippen LogP contribution in [0.25, 0.3) is 0 Å². The molecule has 0 rings (SSSR count). The first kappa shape index (κ1) is 11.0. The van der Waals surface area contributed by atoms with Crippen molar-refractivity contribution < 1.29 is 27.2 Å². The van der Waals surface area contributed by atoms with E-state index in [-0.39, 0.29) is 0 Å². The predicted molar refractivity (Wildman–Crippen MR) is 39.8 cm³/mol. The van der Waals surface area contributed by atoms with Crippen LogP contribution in [0.3, 0.4) is 0 Å². The molecule has 62 valence electrons. The first-order valence-corrected chi connectivity index (χ1v) is 6.29. The summed E-state index contributed by atoms with van der Waals surface area (Å²) in [6.45, 7) is -4.00. The molecule has 0 aromatic rings. The van der Waals surface area contributed by atoms with Gasteiger partial charge in [0.15, 0.2) is 0 Å². The highest BCUT2D eigenvalue weighted by Gasteiger charge is 2.29. The molecule has 0 heterocycles. The average molecular weight is 226 g/mol. The standard InChI is InChI=1S/H4O6P2S2/c1-7(2,3)5-8(4,10)6-9/h9H,(H,4,10)(H2,1,2,3). The van der Waals surface area contributed by atoms with Crippen molar-refractivity contribution in [2.24, 2.45) is 0 Å². The Kier molecular flexibility index (Phi) is 3.96. The Hall–Kier alpha value is 1.000. The summed E-state index contributed by atoms with van der Waals surface area (Å²) in [5, 5.41) is 0. The Labute approximate surface area is 67.5 Å². The van der Waals surface area contributed by atoms with Crippen LogP contribution in [0, 0.1) is 0 Å². The molecule has 0 fully saturated rings. The molecule has 0 aromatic carbocycles. The third kappa shape index (κ3) is 5.76. The summed E-state index contributed by atoms with van der Waals surface area (Å²) in [5.74, 6) is 0. The molecule has 0 spiro atoms. The third-order valence-electron chi connectivity index (χ3n) is 0.313. The quantitative estimate of drug-likeness (QED) is 0.326. The molecule has 0 saturated heterocycles. The fourth-order valence-corrected chi connectivity index (χ4v) is 2.47. The Balaban J connectivity index is 4.17. The van der Waals surface area contributed by atoms with Crippen molar-refractivity contribution in [2.45, 2.75) is 0 Å². The molecule has 6 nitrogen and oxygen atoms in total. The van der Waals surface area contributed by atoms with Gasteiger partial charge in [0.2, 0.25) is 0 Å². The Bertz CT molecular complexity index is 192. The van der Waals surface area contributed by atoms with Crippen molar-refractivity contribution in [1.82, 2.24) is 0 Å². The van der Waals surface area contributed by atoms with E-state index in [1.165, 1.54) is 0 Å². The third-order valence-corrected chi connectivity index (χ3v) is 4.13. The molecule has 0 bridgehead atoms. The van der Waals surface area contributed by atoms with Crippen molar-refractivity contribution in [3.63, 3.8) is 0 Å². The molecule has 0 aliphatic heterocycles. The summed E-state index contributed by atoms with van der Waals surface area (Å²) in [5.41, 5.74) is 0. The Morgan fingerprint density at radius 1 is 1.30 bits per heavy atom. The van der Waals surface area contributed by atoms with Crippen LogP contribution in [0.1, 0.15) is 0 Å². The summed E-state index contributed by atoms with van der Waals surface area (Å²) in [7, 11) is -4.82. The molecule has 10 heavy (non-hydrogen) atoms. The number of hydrogen-bond donors (Lipinski definition) is 4.